The predicted octanol–water partition coefficient (Wildman–Crippen LogP) is 6.03. The van der Waals surface area contributed by atoms with Gasteiger partial charge in [0.15, 0.2) is 5.79 Å². The van der Waals surface area contributed by atoms with Crippen molar-refractivity contribution in [2.75, 3.05) is 33.5 Å². The second-order valence-corrected chi connectivity index (χ2v) is 11.3. The molecule has 6 heteroatoms. The lowest BCUT2D eigenvalue weighted by Gasteiger charge is -2.49. The number of benzene rings is 3. The largest absolute Gasteiger partial charge is 0.393 e. The van der Waals surface area contributed by atoms with Gasteiger partial charge in [-0.05, 0) is 66.5 Å². The van der Waals surface area contributed by atoms with E-state index < -0.39 is 11.4 Å². The number of unbranched alkanes of at least 4 members (excludes halogenated alkanes) is 1. The summed E-state index contributed by atoms with van der Waals surface area (Å²) in [4.78, 5) is 0. The van der Waals surface area contributed by atoms with E-state index in [1.165, 1.54) is 22.3 Å². The van der Waals surface area contributed by atoms with E-state index in [-0.39, 0.29) is 19.3 Å². The van der Waals surface area contributed by atoms with Crippen LogP contribution in [-0.4, -0.2) is 55.5 Å². The lowest BCUT2D eigenvalue weighted by molar-refractivity contribution is -0.344. The van der Waals surface area contributed by atoms with E-state index >= 15 is 0 Å². The van der Waals surface area contributed by atoms with E-state index in [0.717, 1.165) is 43.4 Å². The maximum absolute atomic E-state index is 10.3. The van der Waals surface area contributed by atoms with Crippen LogP contribution >= 0.6 is 0 Å². The van der Waals surface area contributed by atoms with Gasteiger partial charge in [-0.3, -0.25) is 0 Å². The first-order valence-corrected chi connectivity index (χ1v) is 14.9. The molecule has 3 aromatic carbocycles. The Morgan fingerprint density at radius 3 is 2.36 bits per heavy atom. The summed E-state index contributed by atoms with van der Waals surface area (Å²) in [6.07, 6.45) is 6.23. The van der Waals surface area contributed by atoms with Gasteiger partial charge in [-0.1, -0.05) is 72.8 Å². The molecule has 42 heavy (non-hydrogen) atoms. The second kappa shape index (κ2) is 15.6. The first-order chi connectivity index (χ1) is 20.4. The molecule has 0 aromatic heterocycles. The molecule has 0 unspecified atom stereocenters. The monoisotopic (exact) mass is 574 g/mol. The van der Waals surface area contributed by atoms with E-state index in [2.05, 4.69) is 49.9 Å². The summed E-state index contributed by atoms with van der Waals surface area (Å²) >= 11 is 0. The number of methoxy groups -OCH3 is 1. The van der Waals surface area contributed by atoms with Crippen LogP contribution in [-0.2, 0) is 44.2 Å². The quantitative estimate of drug-likeness (QED) is 0.161. The maximum atomic E-state index is 10.3. The molecule has 3 aromatic rings. The molecular formula is C36H46O6. The van der Waals surface area contributed by atoms with Gasteiger partial charge in [0.1, 0.15) is 5.60 Å². The van der Waals surface area contributed by atoms with Crippen molar-refractivity contribution in [2.45, 2.75) is 69.5 Å². The van der Waals surface area contributed by atoms with Crippen LogP contribution < -0.4 is 0 Å². The molecule has 1 aliphatic heterocycles. The normalized spacial score (nSPS) is 20.0. The lowest BCUT2D eigenvalue weighted by Crippen LogP contribution is -2.56. The lowest BCUT2D eigenvalue weighted by atomic mass is 9.84. The molecule has 226 valence electrons. The molecule has 0 bridgehead atoms. The SMILES string of the molecule is C=CCOCCCCc1ccc(Cc2cc([C@@]3(OC)C[C@@H](OCc4ccccc4)CC(CO)(CO)O3)ccc2C)cc1. The van der Waals surface area contributed by atoms with Gasteiger partial charge in [0.25, 0.3) is 0 Å². The molecule has 0 radical (unpaired) electrons. The van der Waals surface area contributed by atoms with Gasteiger partial charge in [-0.15, -0.1) is 6.58 Å². The van der Waals surface area contributed by atoms with Gasteiger partial charge in [0, 0.05) is 32.1 Å². The van der Waals surface area contributed by atoms with E-state index in [0.29, 0.717) is 26.1 Å². The Morgan fingerprint density at radius 1 is 0.929 bits per heavy atom. The highest BCUT2D eigenvalue weighted by Crippen LogP contribution is 2.44. The number of hydrogen-bond acceptors (Lipinski definition) is 6. The smallest absolute Gasteiger partial charge is 0.197 e. The number of rotatable bonds is 16. The summed E-state index contributed by atoms with van der Waals surface area (Å²) in [6, 6.07) is 25.1. The molecule has 0 saturated carbocycles. The minimum absolute atomic E-state index is 0.288. The summed E-state index contributed by atoms with van der Waals surface area (Å²) in [6.45, 7) is 6.91. The van der Waals surface area contributed by atoms with Crippen molar-refractivity contribution < 1.29 is 29.2 Å². The Kier molecular flexibility index (Phi) is 11.9. The van der Waals surface area contributed by atoms with Crippen LogP contribution in [0.2, 0.25) is 0 Å². The minimum atomic E-state index is -1.19. The summed E-state index contributed by atoms with van der Waals surface area (Å²) in [5, 5.41) is 20.7. The van der Waals surface area contributed by atoms with Crippen LogP contribution in [0.25, 0.3) is 0 Å². The number of hydrogen-bond donors (Lipinski definition) is 2. The van der Waals surface area contributed by atoms with Gasteiger partial charge >= 0.3 is 0 Å². The number of aliphatic hydroxyl groups excluding tert-OH is 2. The Bertz CT molecular complexity index is 1240. The molecule has 1 saturated heterocycles. The molecule has 0 spiro atoms. The van der Waals surface area contributed by atoms with Gasteiger partial charge in [0.05, 0.1) is 32.5 Å². The molecule has 1 heterocycles. The van der Waals surface area contributed by atoms with Crippen molar-refractivity contribution in [3.05, 3.63) is 119 Å². The van der Waals surface area contributed by atoms with Crippen molar-refractivity contribution >= 4 is 0 Å². The highest BCUT2D eigenvalue weighted by atomic mass is 16.7. The van der Waals surface area contributed by atoms with Crippen LogP contribution in [0.1, 0.15) is 59.1 Å². The van der Waals surface area contributed by atoms with Crippen LogP contribution in [0.3, 0.4) is 0 Å². The average Bonchev–Trinajstić information content (AvgIpc) is 3.03. The highest BCUT2D eigenvalue weighted by Gasteiger charge is 2.51. The molecule has 1 fully saturated rings. The zero-order valence-corrected chi connectivity index (χ0v) is 25.1. The second-order valence-electron chi connectivity index (χ2n) is 11.3. The zero-order chi connectivity index (χ0) is 29.8. The van der Waals surface area contributed by atoms with E-state index in [1.807, 2.05) is 36.4 Å². The van der Waals surface area contributed by atoms with Crippen molar-refractivity contribution in [3.8, 4) is 0 Å². The number of aryl methyl sites for hydroxylation is 2. The average molecular weight is 575 g/mol. The summed E-state index contributed by atoms with van der Waals surface area (Å²) in [5.74, 6) is -1.17. The third-order valence-electron chi connectivity index (χ3n) is 8.16. The standard InChI is InChI=1S/C36H46O6/c1-4-19-40-20-9-8-10-29-14-16-30(17-15-29)21-32-22-33(18-13-28(32)2)36(39-3)24-34(23-35(26-37,27-38)42-36)41-25-31-11-6-5-7-12-31/h4-7,11-18,22,34,37-38H,1,8-10,19-21,23-27H2,2-3H3/t34-,36+/m0/s1. The van der Waals surface area contributed by atoms with Gasteiger partial charge in [0.2, 0.25) is 0 Å². The fraction of sp³-hybridized carbons (Fsp3) is 0.444. The first-order valence-electron chi connectivity index (χ1n) is 14.9. The predicted molar refractivity (Wildman–Crippen MR) is 165 cm³/mol. The maximum Gasteiger partial charge on any atom is 0.197 e. The third-order valence-corrected chi connectivity index (χ3v) is 8.16. The van der Waals surface area contributed by atoms with Crippen LogP contribution in [0.15, 0.2) is 85.5 Å². The van der Waals surface area contributed by atoms with Crippen LogP contribution in [0, 0.1) is 6.92 Å². The molecule has 0 aliphatic carbocycles. The van der Waals surface area contributed by atoms with Crippen molar-refractivity contribution in [3.63, 3.8) is 0 Å². The number of aliphatic hydroxyl groups is 2. The number of ether oxygens (including phenoxy) is 4. The first kappa shape index (κ1) is 32.1. The Labute approximate surface area is 250 Å². The summed E-state index contributed by atoms with van der Waals surface area (Å²) < 4.78 is 24.4. The van der Waals surface area contributed by atoms with Crippen LogP contribution in [0.4, 0.5) is 0 Å². The molecular weight excluding hydrogens is 528 g/mol. The van der Waals surface area contributed by atoms with E-state index in [4.69, 9.17) is 18.9 Å². The molecule has 4 rings (SSSR count). The molecule has 0 amide bonds. The summed E-state index contributed by atoms with van der Waals surface area (Å²) in [7, 11) is 1.61. The topological polar surface area (TPSA) is 77.4 Å². The Morgan fingerprint density at radius 2 is 1.67 bits per heavy atom. The van der Waals surface area contributed by atoms with Crippen LogP contribution in [0.5, 0.6) is 0 Å². The van der Waals surface area contributed by atoms with Gasteiger partial charge in [-0.2, -0.15) is 0 Å². The molecule has 6 nitrogen and oxygen atoms in total. The fourth-order valence-corrected chi connectivity index (χ4v) is 5.63. The Balaban J connectivity index is 1.49. The summed E-state index contributed by atoms with van der Waals surface area (Å²) in [5.41, 5.74) is 5.63. The molecule has 2 atom stereocenters. The highest BCUT2D eigenvalue weighted by molar-refractivity contribution is 5.38. The van der Waals surface area contributed by atoms with Crippen molar-refractivity contribution in [1.82, 2.24) is 0 Å². The van der Waals surface area contributed by atoms with Gasteiger partial charge in [-0.25, -0.2) is 0 Å². The van der Waals surface area contributed by atoms with E-state index in [1.54, 1.807) is 13.2 Å². The minimum Gasteiger partial charge on any atom is -0.393 e. The Hall–Kier alpha value is -2.84. The molecule has 1 aliphatic rings. The van der Waals surface area contributed by atoms with Crippen molar-refractivity contribution in [2.24, 2.45) is 0 Å². The van der Waals surface area contributed by atoms with Crippen molar-refractivity contribution in [1.29, 1.82) is 0 Å². The fourth-order valence-electron chi connectivity index (χ4n) is 5.63. The van der Waals surface area contributed by atoms with Gasteiger partial charge < -0.3 is 29.2 Å². The third kappa shape index (κ3) is 8.38. The van der Waals surface area contributed by atoms with E-state index in [9.17, 15) is 10.2 Å². The zero-order valence-electron chi connectivity index (χ0n) is 25.1. The molecule has 2 N–H and O–H groups in total.